The topological polar surface area (TPSA) is 12.0 Å². The van der Waals surface area contributed by atoms with Crippen molar-refractivity contribution in [3.05, 3.63) is 60.4 Å². The molecule has 0 aromatic heterocycles. The number of benzene rings is 2. The molecule has 2 aromatic rings. The van der Waals surface area contributed by atoms with Crippen molar-refractivity contribution in [2.24, 2.45) is 0 Å². The molecular formula is C16H14Br3N. The molecule has 4 heteroatoms. The highest BCUT2D eigenvalue weighted by Gasteiger charge is 2.23. The first-order chi connectivity index (χ1) is 9.54. The lowest BCUT2D eigenvalue weighted by atomic mass is 10.1. The number of fused-ring (bicyclic) bond motifs is 1. The summed E-state index contributed by atoms with van der Waals surface area (Å²) in [6.45, 7) is 2.10. The zero-order valence-electron chi connectivity index (χ0n) is 11.0. The molecule has 1 atom stereocenters. The summed E-state index contributed by atoms with van der Waals surface area (Å²) in [5.41, 5.74) is 5.23. The molecule has 0 radical (unpaired) electrons. The molecule has 0 heterocycles. The fourth-order valence-corrected chi connectivity index (χ4v) is 4.80. The Labute approximate surface area is 144 Å². The van der Waals surface area contributed by atoms with Crippen LogP contribution in [0.2, 0.25) is 0 Å². The van der Waals surface area contributed by atoms with Gasteiger partial charge in [0.2, 0.25) is 0 Å². The van der Waals surface area contributed by atoms with Crippen molar-refractivity contribution in [3.63, 3.8) is 0 Å². The Morgan fingerprint density at radius 3 is 2.45 bits per heavy atom. The molecule has 0 bridgehead atoms. The van der Waals surface area contributed by atoms with E-state index in [0.717, 1.165) is 31.9 Å². The highest BCUT2D eigenvalue weighted by Crippen LogP contribution is 2.39. The Kier molecular flexibility index (Phi) is 4.25. The van der Waals surface area contributed by atoms with E-state index in [2.05, 4.69) is 90.4 Å². The van der Waals surface area contributed by atoms with Crippen molar-refractivity contribution < 1.29 is 0 Å². The van der Waals surface area contributed by atoms with E-state index in [1.54, 1.807) is 0 Å². The average molecular weight is 460 g/mol. The predicted octanol–water partition coefficient (Wildman–Crippen LogP) is 6.38. The zero-order valence-corrected chi connectivity index (χ0v) is 15.8. The van der Waals surface area contributed by atoms with Gasteiger partial charge in [-0.3, -0.25) is 0 Å². The van der Waals surface area contributed by atoms with Crippen molar-refractivity contribution in [1.29, 1.82) is 0 Å². The molecule has 0 spiro atoms. The van der Waals surface area contributed by atoms with E-state index in [1.165, 1.54) is 16.7 Å². The van der Waals surface area contributed by atoms with Crippen LogP contribution in [0.3, 0.4) is 0 Å². The number of rotatable bonds is 2. The molecule has 2 aromatic carbocycles. The van der Waals surface area contributed by atoms with Crippen LogP contribution in [0.4, 0.5) is 5.69 Å². The molecule has 0 fully saturated rings. The third-order valence-electron chi connectivity index (χ3n) is 3.69. The van der Waals surface area contributed by atoms with Crippen LogP contribution in [0.15, 0.2) is 43.7 Å². The van der Waals surface area contributed by atoms with Gasteiger partial charge in [0.05, 0.1) is 11.7 Å². The molecule has 104 valence electrons. The highest BCUT2D eigenvalue weighted by molar-refractivity contribution is 9.11. The molecule has 1 unspecified atom stereocenters. The molecule has 3 rings (SSSR count). The van der Waals surface area contributed by atoms with Crippen molar-refractivity contribution >= 4 is 53.5 Å². The van der Waals surface area contributed by atoms with E-state index in [9.17, 15) is 0 Å². The Morgan fingerprint density at radius 2 is 1.75 bits per heavy atom. The lowest BCUT2D eigenvalue weighted by Gasteiger charge is -2.18. The van der Waals surface area contributed by atoms with E-state index in [4.69, 9.17) is 0 Å². The summed E-state index contributed by atoms with van der Waals surface area (Å²) in [6, 6.07) is 11.2. The summed E-state index contributed by atoms with van der Waals surface area (Å²) in [5.74, 6) is 0. The third-order valence-corrected chi connectivity index (χ3v) is 5.43. The molecule has 20 heavy (non-hydrogen) atoms. The molecular weight excluding hydrogens is 446 g/mol. The lowest BCUT2D eigenvalue weighted by Crippen LogP contribution is -2.08. The molecule has 0 amide bonds. The highest BCUT2D eigenvalue weighted by atomic mass is 79.9. The van der Waals surface area contributed by atoms with Crippen LogP contribution in [-0.2, 0) is 6.42 Å². The predicted molar refractivity (Wildman–Crippen MR) is 95.4 cm³/mol. The smallest absolute Gasteiger partial charge is 0.0634 e. The Bertz CT molecular complexity index is 644. The maximum Gasteiger partial charge on any atom is 0.0634 e. The minimum atomic E-state index is 0.383. The van der Waals surface area contributed by atoms with Gasteiger partial charge in [-0.15, -0.1) is 0 Å². The minimum Gasteiger partial charge on any atom is -0.376 e. The van der Waals surface area contributed by atoms with Gasteiger partial charge in [0.15, 0.2) is 0 Å². The Morgan fingerprint density at radius 1 is 1.05 bits per heavy atom. The second-order valence-electron chi connectivity index (χ2n) is 5.18. The zero-order chi connectivity index (χ0) is 14.3. The van der Waals surface area contributed by atoms with Crippen molar-refractivity contribution in [1.82, 2.24) is 0 Å². The van der Waals surface area contributed by atoms with Crippen molar-refractivity contribution in [2.75, 3.05) is 5.32 Å². The summed E-state index contributed by atoms with van der Waals surface area (Å²) in [6.07, 6.45) is 2.27. The lowest BCUT2D eigenvalue weighted by molar-refractivity contribution is 0.761. The van der Waals surface area contributed by atoms with E-state index in [-0.39, 0.29) is 0 Å². The third kappa shape index (κ3) is 2.83. The Balaban J connectivity index is 1.91. The standard InChI is InChI=1S/C16H14Br3N/c1-9-6-13(18)16(14(19)7-9)20-15-5-2-10-8-11(17)3-4-12(10)15/h3-4,6-8,15,20H,2,5H2,1H3. The number of hydrogen-bond acceptors (Lipinski definition) is 1. The van der Waals surface area contributed by atoms with Gasteiger partial charge in [0.25, 0.3) is 0 Å². The maximum absolute atomic E-state index is 3.67. The average Bonchev–Trinajstić information content (AvgIpc) is 2.76. The van der Waals surface area contributed by atoms with Crippen LogP contribution >= 0.6 is 47.8 Å². The minimum absolute atomic E-state index is 0.383. The van der Waals surface area contributed by atoms with Crippen molar-refractivity contribution in [2.45, 2.75) is 25.8 Å². The summed E-state index contributed by atoms with van der Waals surface area (Å²) in [7, 11) is 0. The first kappa shape index (κ1) is 14.6. The second kappa shape index (κ2) is 5.82. The first-order valence-electron chi connectivity index (χ1n) is 6.55. The van der Waals surface area contributed by atoms with Gasteiger partial charge in [-0.1, -0.05) is 22.0 Å². The van der Waals surface area contributed by atoms with Crippen LogP contribution in [0.1, 0.15) is 29.2 Å². The summed E-state index contributed by atoms with van der Waals surface area (Å²) < 4.78 is 3.37. The fourth-order valence-electron chi connectivity index (χ4n) is 2.75. The quantitative estimate of drug-likeness (QED) is 0.549. The normalized spacial score (nSPS) is 17.1. The first-order valence-corrected chi connectivity index (χ1v) is 8.93. The summed E-state index contributed by atoms with van der Waals surface area (Å²) >= 11 is 10.9. The van der Waals surface area contributed by atoms with Gasteiger partial charge in [-0.25, -0.2) is 0 Å². The maximum atomic E-state index is 3.67. The van der Waals surface area contributed by atoms with Gasteiger partial charge in [-0.05, 0) is 92.6 Å². The van der Waals surface area contributed by atoms with Gasteiger partial charge < -0.3 is 5.32 Å². The van der Waals surface area contributed by atoms with Crippen LogP contribution in [0.25, 0.3) is 0 Å². The Hall–Kier alpha value is -0.320. The summed E-state index contributed by atoms with van der Waals surface area (Å²) in [5, 5.41) is 3.67. The number of hydrogen-bond donors (Lipinski definition) is 1. The van der Waals surface area contributed by atoms with Gasteiger partial charge in [-0.2, -0.15) is 0 Å². The number of halogens is 3. The van der Waals surface area contributed by atoms with E-state index in [0.29, 0.717) is 6.04 Å². The molecule has 1 aliphatic rings. The fraction of sp³-hybridized carbons (Fsp3) is 0.250. The largest absolute Gasteiger partial charge is 0.376 e. The van der Waals surface area contributed by atoms with E-state index < -0.39 is 0 Å². The number of nitrogens with one attached hydrogen (secondary N) is 1. The molecule has 0 saturated heterocycles. The van der Waals surface area contributed by atoms with Crippen LogP contribution in [0, 0.1) is 6.92 Å². The molecule has 0 aliphatic heterocycles. The molecule has 1 aliphatic carbocycles. The number of aryl methyl sites for hydroxylation is 2. The monoisotopic (exact) mass is 457 g/mol. The second-order valence-corrected chi connectivity index (χ2v) is 7.81. The van der Waals surface area contributed by atoms with Crippen molar-refractivity contribution in [3.8, 4) is 0 Å². The number of anilines is 1. The molecule has 0 saturated carbocycles. The SMILES string of the molecule is Cc1cc(Br)c(NC2CCc3cc(Br)ccc32)c(Br)c1. The van der Waals surface area contributed by atoms with Gasteiger partial charge in [0.1, 0.15) is 0 Å². The summed E-state index contributed by atoms with van der Waals surface area (Å²) in [4.78, 5) is 0. The van der Waals surface area contributed by atoms with E-state index >= 15 is 0 Å². The van der Waals surface area contributed by atoms with Crippen LogP contribution in [-0.4, -0.2) is 0 Å². The van der Waals surface area contributed by atoms with E-state index in [1.807, 2.05) is 0 Å². The van der Waals surface area contributed by atoms with Crippen LogP contribution < -0.4 is 5.32 Å². The van der Waals surface area contributed by atoms with Crippen LogP contribution in [0.5, 0.6) is 0 Å². The van der Waals surface area contributed by atoms with Gasteiger partial charge >= 0.3 is 0 Å². The molecule has 1 nitrogen and oxygen atoms in total. The molecule has 1 N–H and O–H groups in total. The van der Waals surface area contributed by atoms with Gasteiger partial charge in [0, 0.05) is 13.4 Å².